The summed E-state index contributed by atoms with van der Waals surface area (Å²) in [5.74, 6) is 1.75. The van der Waals surface area contributed by atoms with Gasteiger partial charge in [0, 0.05) is 0 Å². The van der Waals surface area contributed by atoms with E-state index in [1.54, 1.807) is 11.1 Å². The Morgan fingerprint density at radius 2 is 1.44 bits per heavy atom. The van der Waals surface area contributed by atoms with Gasteiger partial charge in [-0.2, -0.15) is 0 Å². The van der Waals surface area contributed by atoms with Crippen LogP contribution in [0.5, 0.6) is 0 Å². The summed E-state index contributed by atoms with van der Waals surface area (Å²) in [5.41, 5.74) is 3.28. The molecule has 2 unspecified atom stereocenters. The first-order valence-corrected chi connectivity index (χ1v) is 7.18. The summed E-state index contributed by atoms with van der Waals surface area (Å²) in [4.78, 5) is 0. The molecule has 0 aromatic rings. The van der Waals surface area contributed by atoms with Gasteiger partial charge in [-0.05, 0) is 51.4 Å². The highest BCUT2D eigenvalue weighted by Crippen LogP contribution is 2.24. The normalized spacial score (nSPS) is 16.9. The Kier molecular flexibility index (Phi) is 8.70. The summed E-state index contributed by atoms with van der Waals surface area (Å²) in [6.45, 7) is 14.0. The zero-order valence-corrected chi connectivity index (χ0v) is 12.4. The molecule has 0 nitrogen and oxygen atoms in total. The lowest BCUT2D eigenvalue weighted by molar-refractivity contribution is 0.354. The largest absolute Gasteiger partial charge is 0.0744 e. The Morgan fingerprint density at radius 1 is 0.875 bits per heavy atom. The van der Waals surface area contributed by atoms with E-state index in [1.807, 2.05) is 0 Å². The zero-order valence-electron chi connectivity index (χ0n) is 12.4. The molecule has 0 spiro atoms. The third-order valence-corrected chi connectivity index (χ3v) is 4.22. The molecule has 0 aliphatic rings. The number of rotatable bonds is 8. The second-order valence-corrected chi connectivity index (χ2v) is 5.57. The lowest BCUT2D eigenvalue weighted by Gasteiger charge is -2.18. The molecule has 16 heavy (non-hydrogen) atoms. The maximum absolute atomic E-state index is 2.41. The minimum atomic E-state index is 0.874. The average molecular weight is 224 g/mol. The molecule has 0 heteroatoms. The summed E-state index contributed by atoms with van der Waals surface area (Å²) in [5, 5.41) is 0. The molecule has 0 aliphatic carbocycles. The molecule has 0 aromatic heterocycles. The molecule has 0 aromatic carbocycles. The maximum atomic E-state index is 2.41. The second-order valence-electron chi connectivity index (χ2n) is 5.57. The van der Waals surface area contributed by atoms with Crippen molar-refractivity contribution in [1.29, 1.82) is 0 Å². The van der Waals surface area contributed by atoms with Gasteiger partial charge in [-0.25, -0.2) is 0 Å². The molecule has 0 saturated carbocycles. The zero-order chi connectivity index (χ0) is 12.6. The number of allylic oxidation sites excluding steroid dienone is 2. The minimum Gasteiger partial charge on any atom is -0.0744 e. The van der Waals surface area contributed by atoms with E-state index in [9.17, 15) is 0 Å². The fraction of sp³-hybridized carbons (Fsp3) is 0.875. The highest BCUT2D eigenvalue weighted by atomic mass is 14.2. The Labute approximate surface area is 104 Å². The monoisotopic (exact) mass is 224 g/mol. The Bertz CT molecular complexity index is 200. The summed E-state index contributed by atoms with van der Waals surface area (Å²) in [6.07, 6.45) is 7.96. The van der Waals surface area contributed by atoms with Crippen LogP contribution in [0.1, 0.15) is 80.1 Å². The Morgan fingerprint density at radius 3 is 1.94 bits per heavy atom. The molecule has 0 heterocycles. The molecular formula is C16H32. The van der Waals surface area contributed by atoms with Gasteiger partial charge in [0.25, 0.3) is 0 Å². The van der Waals surface area contributed by atoms with Crippen LogP contribution in [-0.2, 0) is 0 Å². The van der Waals surface area contributed by atoms with E-state index in [2.05, 4.69) is 41.5 Å². The summed E-state index contributed by atoms with van der Waals surface area (Å²) < 4.78 is 0. The summed E-state index contributed by atoms with van der Waals surface area (Å²) in [7, 11) is 0. The lowest BCUT2D eigenvalue weighted by Crippen LogP contribution is -2.06. The van der Waals surface area contributed by atoms with Crippen LogP contribution in [0.4, 0.5) is 0 Å². The average Bonchev–Trinajstić information content (AvgIpc) is 2.31. The highest BCUT2D eigenvalue weighted by Gasteiger charge is 2.10. The smallest absolute Gasteiger partial charge is 0.0318 e. The van der Waals surface area contributed by atoms with Gasteiger partial charge in [0.05, 0.1) is 0 Å². The Balaban J connectivity index is 3.99. The second kappa shape index (κ2) is 8.84. The highest BCUT2D eigenvalue weighted by molar-refractivity contribution is 5.09. The van der Waals surface area contributed by atoms with Crippen molar-refractivity contribution in [3.8, 4) is 0 Å². The van der Waals surface area contributed by atoms with Crippen molar-refractivity contribution in [1.82, 2.24) is 0 Å². The van der Waals surface area contributed by atoms with Crippen LogP contribution < -0.4 is 0 Å². The molecule has 0 saturated heterocycles. The van der Waals surface area contributed by atoms with Crippen molar-refractivity contribution in [2.45, 2.75) is 80.1 Å². The van der Waals surface area contributed by atoms with Gasteiger partial charge in [-0.1, -0.05) is 51.7 Å². The minimum absolute atomic E-state index is 0.874. The van der Waals surface area contributed by atoms with Gasteiger partial charge < -0.3 is 0 Å². The van der Waals surface area contributed by atoms with Crippen molar-refractivity contribution in [2.75, 3.05) is 0 Å². The first-order valence-electron chi connectivity index (χ1n) is 7.18. The molecule has 0 radical (unpaired) electrons. The molecule has 0 N–H and O–H groups in total. The predicted octanol–water partition coefficient (Wildman–Crippen LogP) is 5.98. The third-order valence-electron chi connectivity index (χ3n) is 4.22. The SMILES string of the molecule is CCCCC(C)=C(C)CCC(C)C(C)CC. The number of hydrogen-bond donors (Lipinski definition) is 0. The summed E-state index contributed by atoms with van der Waals surface area (Å²) >= 11 is 0. The van der Waals surface area contributed by atoms with Crippen molar-refractivity contribution in [3.05, 3.63) is 11.1 Å². The van der Waals surface area contributed by atoms with Crippen LogP contribution in [0.2, 0.25) is 0 Å². The van der Waals surface area contributed by atoms with E-state index in [0.717, 1.165) is 11.8 Å². The van der Waals surface area contributed by atoms with Crippen LogP contribution in [0.3, 0.4) is 0 Å². The van der Waals surface area contributed by atoms with E-state index < -0.39 is 0 Å². The van der Waals surface area contributed by atoms with Gasteiger partial charge in [0.2, 0.25) is 0 Å². The van der Waals surface area contributed by atoms with Crippen LogP contribution in [-0.4, -0.2) is 0 Å². The van der Waals surface area contributed by atoms with E-state index >= 15 is 0 Å². The first kappa shape index (κ1) is 15.7. The topological polar surface area (TPSA) is 0 Å². The van der Waals surface area contributed by atoms with Crippen molar-refractivity contribution >= 4 is 0 Å². The van der Waals surface area contributed by atoms with Crippen LogP contribution in [0.25, 0.3) is 0 Å². The van der Waals surface area contributed by atoms with Gasteiger partial charge in [-0.3, -0.25) is 0 Å². The van der Waals surface area contributed by atoms with Gasteiger partial charge in [0.1, 0.15) is 0 Å². The van der Waals surface area contributed by atoms with Crippen molar-refractivity contribution in [3.63, 3.8) is 0 Å². The van der Waals surface area contributed by atoms with Crippen LogP contribution >= 0.6 is 0 Å². The number of unbranched alkanes of at least 4 members (excludes halogenated alkanes) is 1. The van der Waals surface area contributed by atoms with Crippen molar-refractivity contribution < 1.29 is 0 Å². The van der Waals surface area contributed by atoms with Gasteiger partial charge in [0.15, 0.2) is 0 Å². The number of hydrogen-bond acceptors (Lipinski definition) is 0. The standard InChI is InChI=1S/C16H32/c1-7-9-10-14(4)16(6)12-11-15(5)13(3)8-2/h13,15H,7-12H2,1-6H3. The summed E-state index contributed by atoms with van der Waals surface area (Å²) in [6, 6.07) is 0. The first-order chi connectivity index (χ1) is 7.52. The fourth-order valence-corrected chi connectivity index (χ4v) is 2.00. The molecule has 0 rings (SSSR count). The van der Waals surface area contributed by atoms with Crippen LogP contribution in [0.15, 0.2) is 11.1 Å². The molecule has 0 bridgehead atoms. The molecule has 0 aliphatic heterocycles. The van der Waals surface area contributed by atoms with Crippen molar-refractivity contribution in [2.24, 2.45) is 11.8 Å². The van der Waals surface area contributed by atoms with Crippen LogP contribution in [0, 0.1) is 11.8 Å². The molecular weight excluding hydrogens is 192 g/mol. The van der Waals surface area contributed by atoms with E-state index in [1.165, 1.54) is 38.5 Å². The quantitative estimate of drug-likeness (QED) is 0.445. The molecule has 0 fully saturated rings. The molecule has 96 valence electrons. The lowest BCUT2D eigenvalue weighted by atomic mass is 9.87. The molecule has 0 amide bonds. The maximum Gasteiger partial charge on any atom is -0.0318 e. The van der Waals surface area contributed by atoms with E-state index in [0.29, 0.717) is 0 Å². The van der Waals surface area contributed by atoms with E-state index in [4.69, 9.17) is 0 Å². The van der Waals surface area contributed by atoms with Gasteiger partial charge >= 0.3 is 0 Å². The third kappa shape index (κ3) is 6.35. The fourth-order valence-electron chi connectivity index (χ4n) is 2.00. The predicted molar refractivity (Wildman–Crippen MR) is 75.8 cm³/mol. The van der Waals surface area contributed by atoms with Gasteiger partial charge in [-0.15, -0.1) is 0 Å². The Hall–Kier alpha value is -0.260. The molecule has 2 atom stereocenters. The van der Waals surface area contributed by atoms with E-state index in [-0.39, 0.29) is 0 Å².